The molecule has 14 nitrogen and oxygen atoms in total. The molecule has 1 unspecified atom stereocenters. The van der Waals surface area contributed by atoms with Crippen molar-refractivity contribution in [1.82, 2.24) is 19.4 Å². The van der Waals surface area contributed by atoms with E-state index in [2.05, 4.69) is 39.1 Å². The van der Waals surface area contributed by atoms with Crippen molar-refractivity contribution in [1.29, 1.82) is 0 Å². The van der Waals surface area contributed by atoms with Crippen LogP contribution < -0.4 is 14.9 Å². The number of nitrogens with zero attached hydrogens (tertiary/aromatic N) is 4. The predicted molar refractivity (Wildman–Crippen MR) is 279 cm³/mol. The Morgan fingerprint density at radius 2 is 1.49 bits per heavy atom. The second kappa shape index (κ2) is 23.2. The molecule has 2 amide bonds. The number of aldehydes is 1. The predicted octanol–water partition coefficient (Wildman–Crippen LogP) is 9.23. The second-order valence-corrected chi connectivity index (χ2v) is 25.2. The summed E-state index contributed by atoms with van der Waals surface area (Å²) in [6, 6.07) is 24.5. The van der Waals surface area contributed by atoms with Crippen molar-refractivity contribution in [3.05, 3.63) is 119 Å². The highest BCUT2D eigenvalue weighted by Gasteiger charge is 2.48. The number of alkyl halides is 3. The maximum Gasteiger partial charge on any atom is 0.501 e. The largest absolute Gasteiger partial charge is 0.501 e. The molecule has 4 aromatic carbocycles. The third kappa shape index (κ3) is 14.6. The number of thioether (sulfide) groups is 1. The molecule has 2 saturated heterocycles. The highest BCUT2D eigenvalue weighted by molar-refractivity contribution is 7.99. The number of hydrogen-bond acceptors (Lipinski definition) is 13. The summed E-state index contributed by atoms with van der Waals surface area (Å²) >= 11 is 7.58. The van der Waals surface area contributed by atoms with Crippen molar-refractivity contribution in [3.8, 4) is 0 Å². The first-order valence-electron chi connectivity index (χ1n) is 24.1. The Labute approximate surface area is 435 Å². The normalized spacial score (nSPS) is 19.1. The fourth-order valence-electron chi connectivity index (χ4n) is 9.41. The number of nitrogens with one attached hydrogen (secondary N) is 2. The van der Waals surface area contributed by atoms with Crippen LogP contribution in [0.5, 0.6) is 0 Å². The molecule has 2 N–H and O–H groups in total. The summed E-state index contributed by atoms with van der Waals surface area (Å²) in [7, 11) is -11.0. The summed E-state index contributed by atoms with van der Waals surface area (Å²) in [5, 5.41) is 3.37. The first-order valence-corrected chi connectivity index (χ1v) is 28.4. The fraction of sp³-hybridized carbons (Fsp3) is 0.442. The summed E-state index contributed by atoms with van der Waals surface area (Å²) in [6.07, 6.45) is 2.94. The van der Waals surface area contributed by atoms with E-state index in [1.54, 1.807) is 47.4 Å². The Kier molecular flexibility index (Phi) is 17.7. The van der Waals surface area contributed by atoms with E-state index < -0.39 is 58.4 Å². The summed E-state index contributed by atoms with van der Waals surface area (Å²) < 4.78 is 102. The summed E-state index contributed by atoms with van der Waals surface area (Å²) in [4.78, 5) is 45.0. The SMILES string of the molecule is CC(C)(C)OC(=O)N1CCN(C[C@]2(C)CCC(c3ccc(Cl)cc3)=C(CN3CCN(c4ccc(C(=O)NS(=O)(=O)c5ccc(NC(CC=O)CSc6ccccc6)c(S(=O)(=O)C(F)(F)F)c5)cc4)CC3)C2)CC1. The molecule has 21 heteroatoms. The molecule has 7 rings (SSSR count). The van der Waals surface area contributed by atoms with Gasteiger partial charge in [-0.05, 0) is 123 Å². The molecule has 2 fully saturated rings. The van der Waals surface area contributed by atoms with Crippen LogP contribution in [0.3, 0.4) is 0 Å². The molecule has 0 bridgehead atoms. The molecule has 4 aromatic rings. The Balaban J connectivity index is 0.980. The Morgan fingerprint density at radius 3 is 2.11 bits per heavy atom. The van der Waals surface area contributed by atoms with Crippen LogP contribution in [0.4, 0.5) is 29.3 Å². The first-order chi connectivity index (χ1) is 34.4. The molecule has 2 aliphatic heterocycles. The number of sulfone groups is 1. The zero-order valence-electron chi connectivity index (χ0n) is 41.3. The van der Waals surface area contributed by atoms with Gasteiger partial charge in [-0.2, -0.15) is 13.2 Å². The quantitative estimate of drug-likeness (QED) is 0.0760. The molecule has 0 radical (unpaired) electrons. The van der Waals surface area contributed by atoms with Crippen molar-refractivity contribution in [3.63, 3.8) is 0 Å². The highest BCUT2D eigenvalue weighted by atomic mass is 35.5. The number of allylic oxidation sites excluding steroid dienone is 1. The van der Waals surface area contributed by atoms with Gasteiger partial charge in [-0.15, -0.1) is 11.8 Å². The van der Waals surface area contributed by atoms with E-state index in [0.29, 0.717) is 43.6 Å². The van der Waals surface area contributed by atoms with Crippen LogP contribution in [-0.2, 0) is 29.4 Å². The van der Waals surface area contributed by atoms with Gasteiger partial charge >= 0.3 is 11.6 Å². The molecule has 73 heavy (non-hydrogen) atoms. The van der Waals surface area contributed by atoms with E-state index in [0.717, 1.165) is 81.2 Å². The van der Waals surface area contributed by atoms with Gasteiger partial charge in [0.1, 0.15) is 16.8 Å². The van der Waals surface area contributed by atoms with E-state index in [1.807, 2.05) is 37.6 Å². The molecular weight excluding hydrogens is 1030 g/mol. The standard InChI is InChI=1S/C52H62ClF3N6O8S3/c1-50(2,3)70-49(65)62-29-25-60(26-30-62)36-51(4)22-20-45(37-10-14-40(53)15-11-37)39(33-51)34-59-23-27-61(28-24-59)42-16-12-38(13-17-42)48(64)58-73(68,69)44-18-19-46(47(32-44)72(66,67)52(54,55)56)57-41(21-31-63)35-71-43-8-6-5-7-9-43/h5-19,31-32,41,57H,20-30,33-36H2,1-4H3,(H,58,64)/t41?,51-/m1/s1. The molecule has 2 heterocycles. The van der Waals surface area contributed by atoms with Gasteiger partial charge in [-0.1, -0.05) is 54.4 Å². The number of carbonyl (C=O) groups is 3. The zero-order valence-corrected chi connectivity index (χ0v) is 44.5. The number of amides is 2. The van der Waals surface area contributed by atoms with Crippen LogP contribution in [0.15, 0.2) is 117 Å². The molecule has 3 aliphatic rings. The lowest BCUT2D eigenvalue weighted by molar-refractivity contribution is -0.108. The molecule has 0 spiro atoms. The molecule has 0 aromatic heterocycles. The fourth-order valence-corrected chi connectivity index (χ4v) is 12.5. The van der Waals surface area contributed by atoms with Gasteiger partial charge in [0.15, 0.2) is 0 Å². The molecule has 1 aliphatic carbocycles. The number of anilines is 2. The first kappa shape index (κ1) is 55.6. The van der Waals surface area contributed by atoms with E-state index in [9.17, 15) is 44.4 Å². The number of piperazine rings is 2. The maximum absolute atomic E-state index is 14.0. The lowest BCUT2D eigenvalue weighted by atomic mass is 9.71. The lowest BCUT2D eigenvalue weighted by Crippen LogP contribution is -2.52. The van der Waals surface area contributed by atoms with E-state index in [1.165, 1.54) is 40.6 Å². The van der Waals surface area contributed by atoms with E-state index in [4.69, 9.17) is 16.3 Å². The van der Waals surface area contributed by atoms with Crippen molar-refractivity contribution in [2.24, 2.45) is 5.41 Å². The summed E-state index contributed by atoms with van der Waals surface area (Å²) in [5.74, 6) is -0.915. The maximum atomic E-state index is 14.0. The third-order valence-corrected chi connectivity index (χ3v) is 17.4. The van der Waals surface area contributed by atoms with Gasteiger partial charge in [-0.25, -0.2) is 26.4 Å². The number of benzene rings is 4. The van der Waals surface area contributed by atoms with Crippen LogP contribution in [-0.4, -0.2) is 138 Å². The Bertz CT molecular complexity index is 2860. The topological polar surface area (TPSA) is 166 Å². The molecule has 2 atom stereocenters. The van der Waals surface area contributed by atoms with Crippen LogP contribution in [0.25, 0.3) is 5.57 Å². The van der Waals surface area contributed by atoms with E-state index in [-0.39, 0.29) is 29.2 Å². The number of ether oxygens (including phenoxy) is 1. The van der Waals surface area contributed by atoms with Crippen LogP contribution in [0.1, 0.15) is 69.3 Å². The van der Waals surface area contributed by atoms with Crippen molar-refractivity contribution >= 4 is 78.5 Å². The average molecular weight is 1090 g/mol. The number of carbonyl (C=O) groups excluding carboxylic acids is 3. The Morgan fingerprint density at radius 1 is 0.849 bits per heavy atom. The molecule has 394 valence electrons. The van der Waals surface area contributed by atoms with E-state index >= 15 is 0 Å². The zero-order chi connectivity index (χ0) is 52.8. The van der Waals surface area contributed by atoms with Crippen molar-refractivity contribution in [2.45, 2.75) is 85.2 Å². The second-order valence-electron chi connectivity index (χ2n) is 20.0. The molecular formula is C52H62ClF3N6O8S3. The minimum absolute atomic E-state index is 0.0257. The van der Waals surface area contributed by atoms with Gasteiger partial charge in [0.25, 0.3) is 25.8 Å². The Hall–Kier alpha value is -5.12. The van der Waals surface area contributed by atoms with Crippen LogP contribution >= 0.6 is 23.4 Å². The van der Waals surface area contributed by atoms with Gasteiger partial charge in [-0.3, -0.25) is 14.6 Å². The lowest BCUT2D eigenvalue weighted by Gasteiger charge is -2.44. The monoisotopic (exact) mass is 1090 g/mol. The summed E-state index contributed by atoms with van der Waals surface area (Å²) in [6.45, 7) is 15.4. The van der Waals surface area contributed by atoms with Crippen molar-refractivity contribution < 1.29 is 49.1 Å². The van der Waals surface area contributed by atoms with Crippen molar-refractivity contribution in [2.75, 3.05) is 81.4 Å². The smallest absolute Gasteiger partial charge is 0.444 e. The van der Waals surface area contributed by atoms with Gasteiger partial charge in [0, 0.05) is 105 Å². The third-order valence-electron chi connectivity index (χ3n) is 13.2. The van der Waals surface area contributed by atoms with Gasteiger partial charge in [0.05, 0.1) is 10.6 Å². The summed E-state index contributed by atoms with van der Waals surface area (Å²) in [5.41, 5.74) is -2.22. The number of halogens is 4. The minimum Gasteiger partial charge on any atom is -0.444 e. The van der Waals surface area contributed by atoms with Gasteiger partial charge < -0.3 is 24.6 Å². The van der Waals surface area contributed by atoms with Crippen LogP contribution in [0, 0.1) is 5.41 Å². The van der Waals surface area contributed by atoms with Gasteiger partial charge in [0.2, 0.25) is 0 Å². The number of rotatable bonds is 17. The number of hydrogen-bond donors (Lipinski definition) is 2. The van der Waals surface area contributed by atoms with Crippen LogP contribution in [0.2, 0.25) is 5.02 Å². The highest BCUT2D eigenvalue weighted by Crippen LogP contribution is 2.44. The number of sulfonamides is 1. The molecule has 0 saturated carbocycles. The minimum atomic E-state index is -6.12. The average Bonchev–Trinajstić information content (AvgIpc) is 3.33.